The van der Waals surface area contributed by atoms with Crippen LogP contribution in [0.3, 0.4) is 0 Å². The van der Waals surface area contributed by atoms with Gasteiger partial charge in [0.25, 0.3) is 0 Å². The lowest BCUT2D eigenvalue weighted by Gasteiger charge is -2.06. The van der Waals surface area contributed by atoms with Crippen molar-refractivity contribution >= 4 is 51.1 Å². The van der Waals surface area contributed by atoms with Gasteiger partial charge in [0.2, 0.25) is 5.91 Å². The first-order chi connectivity index (χ1) is 8.65. The highest BCUT2D eigenvalue weighted by atomic mass is 35.5. The minimum atomic E-state index is -0.0323. The molecule has 0 atom stereocenters. The highest BCUT2D eigenvalue weighted by Crippen LogP contribution is 2.23. The van der Waals surface area contributed by atoms with Gasteiger partial charge < -0.3 is 5.32 Å². The largest absolute Gasteiger partial charge is 0.325 e. The Bertz CT molecular complexity index is 491. The van der Waals surface area contributed by atoms with Crippen LogP contribution >= 0.6 is 35.1 Å². The van der Waals surface area contributed by atoms with E-state index >= 15 is 0 Å². The van der Waals surface area contributed by atoms with Crippen LogP contribution in [-0.2, 0) is 4.79 Å². The van der Waals surface area contributed by atoms with E-state index in [1.807, 2.05) is 19.1 Å². The summed E-state index contributed by atoms with van der Waals surface area (Å²) in [5.74, 6) is 1.38. The van der Waals surface area contributed by atoms with Crippen molar-refractivity contribution in [2.75, 3.05) is 23.4 Å². The third-order valence-electron chi connectivity index (χ3n) is 2.34. The third kappa shape index (κ3) is 3.93. The number of halogens is 1. The van der Waals surface area contributed by atoms with Crippen molar-refractivity contribution in [3.63, 3.8) is 0 Å². The summed E-state index contributed by atoms with van der Waals surface area (Å²) in [5, 5.41) is 3.49. The van der Waals surface area contributed by atoms with E-state index in [1.165, 1.54) is 11.8 Å². The number of amides is 1. The SMILES string of the molecule is Cc1ccc(NC(=O)CSC2=NCCS2)cc1Cl. The van der Waals surface area contributed by atoms with Crippen LogP contribution in [0.2, 0.25) is 5.02 Å². The molecule has 1 aliphatic heterocycles. The Labute approximate surface area is 120 Å². The summed E-state index contributed by atoms with van der Waals surface area (Å²) >= 11 is 9.19. The lowest BCUT2D eigenvalue weighted by molar-refractivity contribution is -0.113. The van der Waals surface area contributed by atoms with Crippen molar-refractivity contribution in [1.82, 2.24) is 0 Å². The number of rotatable bonds is 3. The smallest absolute Gasteiger partial charge is 0.234 e. The van der Waals surface area contributed by atoms with E-state index < -0.39 is 0 Å². The van der Waals surface area contributed by atoms with Crippen LogP contribution < -0.4 is 5.32 Å². The molecule has 6 heteroatoms. The Morgan fingerprint density at radius 3 is 3.11 bits per heavy atom. The Morgan fingerprint density at radius 1 is 1.61 bits per heavy atom. The van der Waals surface area contributed by atoms with Gasteiger partial charge in [-0.25, -0.2) is 0 Å². The van der Waals surface area contributed by atoms with Gasteiger partial charge in [0, 0.05) is 16.5 Å². The molecule has 1 heterocycles. The van der Waals surface area contributed by atoms with Gasteiger partial charge in [0.15, 0.2) is 0 Å². The third-order valence-corrected chi connectivity index (χ3v) is 5.00. The number of aryl methyl sites for hydroxylation is 1. The van der Waals surface area contributed by atoms with Crippen LogP contribution in [0.4, 0.5) is 5.69 Å². The lowest BCUT2D eigenvalue weighted by atomic mass is 10.2. The molecule has 96 valence electrons. The molecule has 0 saturated carbocycles. The molecule has 0 aliphatic carbocycles. The molecule has 0 aromatic heterocycles. The monoisotopic (exact) mass is 300 g/mol. The zero-order valence-corrected chi connectivity index (χ0v) is 12.3. The van der Waals surface area contributed by atoms with E-state index in [-0.39, 0.29) is 5.91 Å². The van der Waals surface area contributed by atoms with Crippen LogP contribution in [0.25, 0.3) is 0 Å². The van der Waals surface area contributed by atoms with Gasteiger partial charge in [0.1, 0.15) is 4.38 Å². The molecule has 0 unspecified atom stereocenters. The summed E-state index contributed by atoms with van der Waals surface area (Å²) in [4.78, 5) is 16.0. The number of nitrogens with one attached hydrogen (secondary N) is 1. The van der Waals surface area contributed by atoms with Crippen molar-refractivity contribution in [3.05, 3.63) is 28.8 Å². The molecule has 0 spiro atoms. The molecular weight excluding hydrogens is 288 g/mol. The number of anilines is 1. The van der Waals surface area contributed by atoms with Crippen molar-refractivity contribution in [2.45, 2.75) is 6.92 Å². The molecule has 2 rings (SSSR count). The van der Waals surface area contributed by atoms with E-state index in [0.717, 1.165) is 27.9 Å². The van der Waals surface area contributed by atoms with Gasteiger partial charge in [-0.2, -0.15) is 0 Å². The van der Waals surface area contributed by atoms with Crippen LogP contribution in [0, 0.1) is 6.92 Å². The normalized spacial score (nSPS) is 14.4. The summed E-state index contributed by atoms with van der Waals surface area (Å²) in [6.45, 7) is 2.79. The molecule has 3 nitrogen and oxygen atoms in total. The van der Waals surface area contributed by atoms with E-state index in [9.17, 15) is 4.79 Å². The zero-order valence-electron chi connectivity index (χ0n) is 9.90. The predicted molar refractivity (Wildman–Crippen MR) is 82.0 cm³/mol. The topological polar surface area (TPSA) is 41.5 Å². The maximum absolute atomic E-state index is 11.7. The van der Waals surface area contributed by atoms with Crippen molar-refractivity contribution in [1.29, 1.82) is 0 Å². The number of hydrogen-bond acceptors (Lipinski definition) is 4. The zero-order chi connectivity index (χ0) is 13.0. The van der Waals surface area contributed by atoms with E-state index in [4.69, 9.17) is 11.6 Å². The minimum Gasteiger partial charge on any atom is -0.325 e. The molecule has 1 aliphatic rings. The average molecular weight is 301 g/mol. The number of nitrogens with zero attached hydrogens (tertiary/aromatic N) is 1. The standard InChI is InChI=1S/C12H13ClN2OS2/c1-8-2-3-9(6-10(8)13)15-11(16)7-18-12-14-4-5-17-12/h2-3,6H,4-5,7H2,1H3,(H,15,16). The quantitative estimate of drug-likeness (QED) is 0.930. The van der Waals surface area contributed by atoms with Crippen LogP contribution in [0.1, 0.15) is 5.56 Å². The van der Waals surface area contributed by atoms with Gasteiger partial charge in [-0.05, 0) is 24.6 Å². The Hall–Kier alpha value is -0.650. The molecule has 1 N–H and O–H groups in total. The molecule has 1 amide bonds. The number of aliphatic imine (C=N–C) groups is 1. The summed E-state index contributed by atoms with van der Waals surface area (Å²) in [6.07, 6.45) is 0. The van der Waals surface area contributed by atoms with Crippen molar-refractivity contribution in [2.24, 2.45) is 4.99 Å². The number of carbonyl (C=O) groups excluding carboxylic acids is 1. The van der Waals surface area contributed by atoms with Gasteiger partial charge >= 0.3 is 0 Å². The molecule has 0 radical (unpaired) electrons. The fraction of sp³-hybridized carbons (Fsp3) is 0.333. The first-order valence-corrected chi connectivity index (χ1v) is 7.86. The second-order valence-corrected chi connectivity index (χ2v) is 6.51. The fourth-order valence-corrected chi connectivity index (χ4v) is 3.39. The van der Waals surface area contributed by atoms with Gasteiger partial charge in [-0.15, -0.1) is 0 Å². The van der Waals surface area contributed by atoms with Crippen molar-refractivity contribution < 1.29 is 4.79 Å². The first kappa shape index (κ1) is 13.8. The fourth-order valence-electron chi connectivity index (χ4n) is 1.40. The van der Waals surface area contributed by atoms with E-state index in [1.54, 1.807) is 17.8 Å². The molecule has 18 heavy (non-hydrogen) atoms. The highest BCUT2D eigenvalue weighted by molar-refractivity contribution is 8.39. The summed E-state index contributed by atoms with van der Waals surface area (Å²) in [6, 6.07) is 5.51. The van der Waals surface area contributed by atoms with E-state index in [0.29, 0.717) is 10.8 Å². The molecule has 0 bridgehead atoms. The van der Waals surface area contributed by atoms with Crippen LogP contribution in [0.5, 0.6) is 0 Å². The molecular formula is C12H13ClN2OS2. The molecule has 1 aromatic rings. The molecule has 0 fully saturated rings. The van der Waals surface area contributed by atoms with E-state index in [2.05, 4.69) is 10.3 Å². The second-order valence-electron chi connectivity index (χ2n) is 3.80. The maximum atomic E-state index is 11.7. The minimum absolute atomic E-state index is 0.0323. The number of hydrogen-bond donors (Lipinski definition) is 1. The molecule has 1 aromatic carbocycles. The number of benzene rings is 1. The highest BCUT2D eigenvalue weighted by Gasteiger charge is 2.10. The van der Waals surface area contributed by atoms with Crippen molar-refractivity contribution in [3.8, 4) is 0 Å². The van der Waals surface area contributed by atoms with Gasteiger partial charge in [-0.3, -0.25) is 9.79 Å². The number of thioether (sulfide) groups is 2. The Morgan fingerprint density at radius 2 is 2.44 bits per heavy atom. The summed E-state index contributed by atoms with van der Waals surface area (Å²) in [7, 11) is 0. The van der Waals surface area contributed by atoms with Gasteiger partial charge in [0.05, 0.1) is 12.3 Å². The molecule has 0 saturated heterocycles. The van der Waals surface area contributed by atoms with Gasteiger partial charge in [-0.1, -0.05) is 41.2 Å². The van der Waals surface area contributed by atoms with Crippen LogP contribution in [0.15, 0.2) is 23.2 Å². The number of carbonyl (C=O) groups is 1. The first-order valence-electron chi connectivity index (χ1n) is 5.51. The Balaban J connectivity index is 1.84. The lowest BCUT2D eigenvalue weighted by Crippen LogP contribution is -2.14. The van der Waals surface area contributed by atoms with Crippen LogP contribution in [-0.4, -0.2) is 28.3 Å². The summed E-state index contributed by atoms with van der Waals surface area (Å²) < 4.78 is 1.01. The average Bonchev–Trinajstić information content (AvgIpc) is 2.84. The maximum Gasteiger partial charge on any atom is 0.234 e. The Kier molecular flexibility index (Phi) is 4.97. The second kappa shape index (κ2) is 6.50. The summed E-state index contributed by atoms with van der Waals surface area (Å²) in [5.41, 5.74) is 1.73. The predicted octanol–water partition coefficient (Wildman–Crippen LogP) is 3.42.